The lowest BCUT2D eigenvalue weighted by Crippen LogP contribution is -2.44. The number of carbonyl (C=O) groups is 4. The third kappa shape index (κ3) is 4.81. The van der Waals surface area contributed by atoms with Crippen LogP contribution in [0.2, 0.25) is 0 Å². The first-order valence-corrected chi connectivity index (χ1v) is 11.4. The highest BCUT2D eigenvalue weighted by Crippen LogP contribution is 2.27. The molecule has 2 fully saturated rings. The minimum atomic E-state index is -0.646. The SMILES string of the molecule is O=C(COC(=O)c1ccc(N2C(=O)CC(N3CCCCC3)C2=O)cc1)c1ccc(Br)cc1. The number of ketones is 1. The third-order valence-electron chi connectivity index (χ3n) is 5.82. The Kier molecular flexibility index (Phi) is 6.81. The molecule has 2 saturated heterocycles. The Morgan fingerprint density at radius 2 is 1.53 bits per heavy atom. The molecule has 0 bridgehead atoms. The Hall–Kier alpha value is -2.84. The van der Waals surface area contributed by atoms with Crippen LogP contribution in [0.25, 0.3) is 0 Å². The van der Waals surface area contributed by atoms with Gasteiger partial charge in [0.2, 0.25) is 5.91 Å². The molecule has 2 aromatic rings. The zero-order valence-corrected chi connectivity index (χ0v) is 19.0. The van der Waals surface area contributed by atoms with E-state index in [1.807, 2.05) is 0 Å². The van der Waals surface area contributed by atoms with Gasteiger partial charge in [-0.3, -0.25) is 19.3 Å². The number of halogens is 1. The summed E-state index contributed by atoms with van der Waals surface area (Å²) in [6.07, 6.45) is 3.42. The molecule has 2 heterocycles. The molecule has 2 aromatic carbocycles. The highest BCUT2D eigenvalue weighted by molar-refractivity contribution is 9.10. The van der Waals surface area contributed by atoms with Gasteiger partial charge < -0.3 is 4.74 Å². The van der Waals surface area contributed by atoms with E-state index in [2.05, 4.69) is 20.8 Å². The van der Waals surface area contributed by atoms with Crippen LogP contribution < -0.4 is 4.90 Å². The molecular formula is C24H23BrN2O5. The van der Waals surface area contributed by atoms with E-state index in [0.717, 1.165) is 36.8 Å². The van der Waals surface area contributed by atoms with Gasteiger partial charge in [-0.1, -0.05) is 34.5 Å². The normalized spacial score (nSPS) is 19.3. The molecule has 0 spiro atoms. The van der Waals surface area contributed by atoms with Gasteiger partial charge in [-0.25, -0.2) is 9.69 Å². The van der Waals surface area contributed by atoms with E-state index in [1.54, 1.807) is 36.4 Å². The lowest BCUT2D eigenvalue weighted by atomic mass is 10.1. The van der Waals surface area contributed by atoms with Crippen molar-refractivity contribution in [3.05, 3.63) is 64.1 Å². The van der Waals surface area contributed by atoms with Gasteiger partial charge in [-0.05, 0) is 62.3 Å². The highest BCUT2D eigenvalue weighted by Gasteiger charge is 2.42. The second-order valence-electron chi connectivity index (χ2n) is 7.94. The summed E-state index contributed by atoms with van der Waals surface area (Å²) in [7, 11) is 0. The molecule has 32 heavy (non-hydrogen) atoms. The fourth-order valence-electron chi connectivity index (χ4n) is 4.08. The summed E-state index contributed by atoms with van der Waals surface area (Å²) < 4.78 is 5.97. The van der Waals surface area contributed by atoms with Crippen LogP contribution in [0.5, 0.6) is 0 Å². The van der Waals surface area contributed by atoms with Gasteiger partial charge in [-0.2, -0.15) is 0 Å². The summed E-state index contributed by atoms with van der Waals surface area (Å²) in [6, 6.07) is 12.5. The second kappa shape index (κ2) is 9.75. The molecule has 0 aromatic heterocycles. The van der Waals surface area contributed by atoms with Gasteiger partial charge in [0.1, 0.15) is 0 Å². The molecule has 2 aliphatic heterocycles. The van der Waals surface area contributed by atoms with Crippen LogP contribution in [0, 0.1) is 0 Å². The van der Waals surface area contributed by atoms with Crippen molar-refractivity contribution in [2.24, 2.45) is 0 Å². The third-order valence-corrected chi connectivity index (χ3v) is 6.34. The van der Waals surface area contributed by atoms with Crippen molar-refractivity contribution in [2.75, 3.05) is 24.6 Å². The van der Waals surface area contributed by atoms with E-state index in [0.29, 0.717) is 11.3 Å². The largest absolute Gasteiger partial charge is 0.454 e. The van der Waals surface area contributed by atoms with Crippen LogP contribution in [0.15, 0.2) is 53.0 Å². The van der Waals surface area contributed by atoms with Crippen molar-refractivity contribution in [1.29, 1.82) is 0 Å². The number of imide groups is 1. The Labute approximate surface area is 194 Å². The molecule has 7 nitrogen and oxygen atoms in total. The van der Waals surface area contributed by atoms with Crippen LogP contribution >= 0.6 is 15.9 Å². The summed E-state index contributed by atoms with van der Waals surface area (Å²) in [6.45, 7) is 1.30. The Morgan fingerprint density at radius 3 is 2.19 bits per heavy atom. The molecule has 8 heteroatoms. The quantitative estimate of drug-likeness (QED) is 0.343. The number of benzene rings is 2. The predicted octanol–water partition coefficient (Wildman–Crippen LogP) is 3.61. The molecule has 0 radical (unpaired) electrons. The van der Waals surface area contributed by atoms with Crippen LogP contribution in [0.4, 0.5) is 5.69 Å². The number of hydrogen-bond donors (Lipinski definition) is 0. The summed E-state index contributed by atoms with van der Waals surface area (Å²) in [5.74, 6) is -1.40. The van der Waals surface area contributed by atoms with Crippen molar-refractivity contribution >= 4 is 45.2 Å². The van der Waals surface area contributed by atoms with Crippen LogP contribution in [-0.4, -0.2) is 54.2 Å². The standard InChI is InChI=1S/C24H23BrN2O5/c25-18-8-4-16(5-9-18)21(28)15-32-24(31)17-6-10-19(11-7-17)27-22(29)14-20(23(27)30)26-12-2-1-3-13-26/h4-11,20H,1-3,12-15H2. The number of esters is 1. The maximum atomic E-state index is 12.9. The zero-order chi connectivity index (χ0) is 22.7. The lowest BCUT2D eigenvalue weighted by Gasteiger charge is -2.30. The van der Waals surface area contributed by atoms with E-state index in [1.165, 1.54) is 17.0 Å². The van der Waals surface area contributed by atoms with Gasteiger partial charge in [0.15, 0.2) is 12.4 Å². The average Bonchev–Trinajstić information content (AvgIpc) is 3.12. The molecule has 2 amide bonds. The number of anilines is 1. The maximum absolute atomic E-state index is 12.9. The lowest BCUT2D eigenvalue weighted by molar-refractivity contribution is -0.123. The predicted molar refractivity (Wildman–Crippen MR) is 122 cm³/mol. The van der Waals surface area contributed by atoms with E-state index < -0.39 is 12.0 Å². The van der Waals surface area contributed by atoms with E-state index in [4.69, 9.17) is 4.74 Å². The Bertz CT molecular complexity index is 1030. The molecule has 1 unspecified atom stereocenters. The van der Waals surface area contributed by atoms with Gasteiger partial charge >= 0.3 is 5.97 Å². The minimum Gasteiger partial charge on any atom is -0.454 e. The fourth-order valence-corrected chi connectivity index (χ4v) is 4.35. The van der Waals surface area contributed by atoms with E-state index in [9.17, 15) is 19.2 Å². The zero-order valence-electron chi connectivity index (χ0n) is 17.5. The molecular weight excluding hydrogens is 476 g/mol. The van der Waals surface area contributed by atoms with Crippen LogP contribution in [0.1, 0.15) is 46.4 Å². The second-order valence-corrected chi connectivity index (χ2v) is 8.85. The highest BCUT2D eigenvalue weighted by atomic mass is 79.9. The minimum absolute atomic E-state index is 0.181. The number of nitrogens with zero attached hydrogens (tertiary/aromatic N) is 2. The van der Waals surface area contributed by atoms with Gasteiger partial charge in [0, 0.05) is 10.0 Å². The summed E-state index contributed by atoms with van der Waals surface area (Å²) in [5, 5.41) is 0. The number of rotatable bonds is 6. The Balaban J connectivity index is 1.37. The number of carbonyl (C=O) groups excluding carboxylic acids is 4. The van der Waals surface area contributed by atoms with Crippen molar-refractivity contribution < 1.29 is 23.9 Å². The number of Topliss-reactive ketones (excluding diaryl/α,β-unsaturated/α-hetero) is 1. The van der Waals surface area contributed by atoms with Gasteiger partial charge in [0.25, 0.3) is 5.91 Å². The van der Waals surface area contributed by atoms with E-state index >= 15 is 0 Å². The topological polar surface area (TPSA) is 84.0 Å². The van der Waals surface area contributed by atoms with E-state index in [-0.39, 0.29) is 36.2 Å². The van der Waals surface area contributed by atoms with Crippen molar-refractivity contribution in [2.45, 2.75) is 31.7 Å². The summed E-state index contributed by atoms with van der Waals surface area (Å²) >= 11 is 3.30. The fraction of sp³-hybridized carbons (Fsp3) is 0.333. The summed E-state index contributed by atoms with van der Waals surface area (Å²) in [5.41, 5.74) is 1.12. The molecule has 0 aliphatic carbocycles. The molecule has 0 N–H and O–H groups in total. The summed E-state index contributed by atoms with van der Waals surface area (Å²) in [4.78, 5) is 53.2. The first kappa shape index (κ1) is 22.4. The maximum Gasteiger partial charge on any atom is 0.338 e. The first-order chi connectivity index (χ1) is 15.4. The molecule has 166 valence electrons. The number of ether oxygens (including phenoxy) is 1. The van der Waals surface area contributed by atoms with Crippen LogP contribution in [0.3, 0.4) is 0 Å². The average molecular weight is 499 g/mol. The Morgan fingerprint density at radius 1 is 0.906 bits per heavy atom. The van der Waals surface area contributed by atoms with Crippen LogP contribution in [-0.2, 0) is 14.3 Å². The van der Waals surface area contributed by atoms with Gasteiger partial charge in [-0.15, -0.1) is 0 Å². The molecule has 4 rings (SSSR count). The van der Waals surface area contributed by atoms with Crippen molar-refractivity contribution in [1.82, 2.24) is 4.90 Å². The van der Waals surface area contributed by atoms with Gasteiger partial charge in [0.05, 0.1) is 23.7 Å². The first-order valence-electron chi connectivity index (χ1n) is 10.6. The number of hydrogen-bond acceptors (Lipinski definition) is 6. The van der Waals surface area contributed by atoms with Crippen molar-refractivity contribution in [3.8, 4) is 0 Å². The number of piperidine rings is 1. The molecule has 0 saturated carbocycles. The smallest absolute Gasteiger partial charge is 0.338 e. The number of likely N-dealkylation sites (tertiary alicyclic amines) is 1. The monoisotopic (exact) mass is 498 g/mol. The number of amides is 2. The molecule has 2 aliphatic rings. The molecule has 1 atom stereocenters. The van der Waals surface area contributed by atoms with Crippen molar-refractivity contribution in [3.63, 3.8) is 0 Å².